The Morgan fingerprint density at radius 2 is 2.21 bits per heavy atom. The predicted molar refractivity (Wildman–Crippen MR) is 54.4 cm³/mol. The van der Waals surface area contributed by atoms with Gasteiger partial charge in [-0.3, -0.25) is 4.79 Å². The Balaban J connectivity index is 2.56. The minimum atomic E-state index is -0.839. The Morgan fingerprint density at radius 3 is 2.71 bits per heavy atom. The first-order valence-electron chi connectivity index (χ1n) is 5.16. The summed E-state index contributed by atoms with van der Waals surface area (Å²) in [6, 6.07) is 0. The quantitative estimate of drug-likeness (QED) is 0.625. The summed E-state index contributed by atoms with van der Waals surface area (Å²) in [4.78, 5) is 12.9. The van der Waals surface area contributed by atoms with Crippen molar-refractivity contribution in [1.82, 2.24) is 4.90 Å². The van der Waals surface area contributed by atoms with E-state index in [4.69, 9.17) is 0 Å². The number of hydrogen-bond donors (Lipinski definition) is 0. The molecular formula is C11H18FNO. The second-order valence-electron chi connectivity index (χ2n) is 4.30. The fourth-order valence-electron chi connectivity index (χ4n) is 1.91. The van der Waals surface area contributed by atoms with Crippen molar-refractivity contribution in [2.45, 2.75) is 26.7 Å². The molecule has 1 rings (SSSR count). The topological polar surface area (TPSA) is 20.3 Å². The maximum Gasteiger partial charge on any atom is 0.281 e. The van der Waals surface area contributed by atoms with Crippen molar-refractivity contribution in [3.8, 4) is 0 Å². The van der Waals surface area contributed by atoms with Gasteiger partial charge in [0.25, 0.3) is 5.91 Å². The van der Waals surface area contributed by atoms with E-state index >= 15 is 0 Å². The number of rotatable bonds is 2. The van der Waals surface area contributed by atoms with Crippen LogP contribution in [0.4, 0.5) is 4.39 Å². The average Bonchev–Trinajstić information content (AvgIpc) is 2.16. The Hall–Kier alpha value is -0.860. The molecule has 1 heterocycles. The van der Waals surface area contributed by atoms with E-state index in [0.29, 0.717) is 24.9 Å². The zero-order valence-corrected chi connectivity index (χ0v) is 8.92. The van der Waals surface area contributed by atoms with Crippen molar-refractivity contribution in [3.05, 3.63) is 12.4 Å². The summed E-state index contributed by atoms with van der Waals surface area (Å²) in [5.41, 5.74) is 0. The van der Waals surface area contributed by atoms with Crippen LogP contribution in [0.2, 0.25) is 0 Å². The van der Waals surface area contributed by atoms with Crippen LogP contribution in [0.15, 0.2) is 12.4 Å². The van der Waals surface area contributed by atoms with Crippen molar-refractivity contribution in [2.24, 2.45) is 11.8 Å². The van der Waals surface area contributed by atoms with Crippen molar-refractivity contribution in [3.63, 3.8) is 0 Å². The van der Waals surface area contributed by atoms with Gasteiger partial charge in [0.05, 0.1) is 0 Å². The summed E-state index contributed by atoms with van der Waals surface area (Å²) in [5.74, 6) is -0.310. The van der Waals surface area contributed by atoms with Crippen LogP contribution in [-0.2, 0) is 4.79 Å². The van der Waals surface area contributed by atoms with Gasteiger partial charge in [-0.05, 0) is 24.7 Å². The number of likely N-dealkylation sites (tertiary alicyclic amines) is 1. The molecule has 0 spiro atoms. The molecule has 0 radical (unpaired) electrons. The molecule has 0 aliphatic carbocycles. The molecule has 1 aliphatic rings. The molecule has 0 bridgehead atoms. The standard InChI is InChI=1S/C11H18FNO/c1-8(2)10-5-4-6-13(7-10)11(14)9(3)12/h8,10H,3-7H2,1-2H3/t10-/m0/s1. The van der Waals surface area contributed by atoms with Gasteiger partial charge in [-0.2, -0.15) is 0 Å². The van der Waals surface area contributed by atoms with Gasteiger partial charge in [-0.1, -0.05) is 20.4 Å². The highest BCUT2D eigenvalue weighted by atomic mass is 19.1. The van der Waals surface area contributed by atoms with Gasteiger partial charge in [0.15, 0.2) is 5.83 Å². The van der Waals surface area contributed by atoms with Gasteiger partial charge >= 0.3 is 0 Å². The van der Waals surface area contributed by atoms with E-state index in [2.05, 4.69) is 20.4 Å². The lowest BCUT2D eigenvalue weighted by molar-refractivity contribution is -0.130. The first kappa shape index (κ1) is 11.2. The van der Waals surface area contributed by atoms with Gasteiger partial charge in [-0.15, -0.1) is 0 Å². The lowest BCUT2D eigenvalue weighted by Crippen LogP contribution is -2.41. The van der Waals surface area contributed by atoms with Crippen LogP contribution >= 0.6 is 0 Å². The van der Waals surface area contributed by atoms with E-state index < -0.39 is 11.7 Å². The van der Waals surface area contributed by atoms with E-state index in [1.54, 1.807) is 4.90 Å². The molecule has 1 amide bonds. The highest BCUT2D eigenvalue weighted by molar-refractivity contribution is 5.90. The second kappa shape index (κ2) is 4.58. The van der Waals surface area contributed by atoms with Gasteiger partial charge in [0.1, 0.15) is 0 Å². The Labute approximate surface area is 84.8 Å². The molecule has 0 N–H and O–H groups in total. The summed E-state index contributed by atoms with van der Waals surface area (Å²) in [5, 5.41) is 0. The number of hydrogen-bond acceptors (Lipinski definition) is 1. The third-order valence-electron chi connectivity index (χ3n) is 2.92. The van der Waals surface area contributed by atoms with E-state index in [-0.39, 0.29) is 0 Å². The van der Waals surface area contributed by atoms with E-state index in [9.17, 15) is 9.18 Å². The highest BCUT2D eigenvalue weighted by Crippen LogP contribution is 2.24. The lowest BCUT2D eigenvalue weighted by atomic mass is 9.88. The number of halogens is 1. The molecule has 0 aromatic carbocycles. The SMILES string of the molecule is C=C(F)C(=O)N1CCC[C@H](C(C)C)C1. The molecule has 1 aliphatic heterocycles. The molecule has 0 aromatic rings. The molecular weight excluding hydrogens is 181 g/mol. The molecule has 0 aromatic heterocycles. The molecule has 1 fully saturated rings. The number of nitrogens with zero attached hydrogens (tertiary/aromatic N) is 1. The van der Waals surface area contributed by atoms with Gasteiger partial charge in [0, 0.05) is 13.1 Å². The first-order chi connectivity index (χ1) is 6.52. The maximum absolute atomic E-state index is 12.6. The van der Waals surface area contributed by atoms with Gasteiger partial charge in [0.2, 0.25) is 0 Å². The zero-order chi connectivity index (χ0) is 10.7. The Morgan fingerprint density at radius 1 is 1.57 bits per heavy atom. The monoisotopic (exact) mass is 199 g/mol. The normalized spacial score (nSPS) is 22.6. The zero-order valence-electron chi connectivity index (χ0n) is 8.92. The molecule has 0 saturated carbocycles. The van der Waals surface area contributed by atoms with Crippen molar-refractivity contribution >= 4 is 5.91 Å². The summed E-state index contributed by atoms with van der Waals surface area (Å²) in [7, 11) is 0. The van der Waals surface area contributed by atoms with E-state index in [1.165, 1.54) is 0 Å². The molecule has 1 saturated heterocycles. The number of amides is 1. The minimum Gasteiger partial charge on any atom is -0.336 e. The number of piperidine rings is 1. The van der Waals surface area contributed by atoms with Crippen LogP contribution in [0.5, 0.6) is 0 Å². The third-order valence-corrected chi connectivity index (χ3v) is 2.92. The molecule has 3 heteroatoms. The van der Waals surface area contributed by atoms with E-state index in [0.717, 1.165) is 12.8 Å². The third kappa shape index (κ3) is 2.56. The lowest BCUT2D eigenvalue weighted by Gasteiger charge is -2.34. The Kier molecular flexibility index (Phi) is 3.67. The summed E-state index contributed by atoms with van der Waals surface area (Å²) in [6.07, 6.45) is 2.11. The molecule has 80 valence electrons. The van der Waals surface area contributed by atoms with Crippen LogP contribution in [-0.4, -0.2) is 23.9 Å². The van der Waals surface area contributed by atoms with Crippen LogP contribution in [0.1, 0.15) is 26.7 Å². The number of carbonyl (C=O) groups is 1. The van der Waals surface area contributed by atoms with Gasteiger partial charge < -0.3 is 4.90 Å². The summed E-state index contributed by atoms with van der Waals surface area (Å²) >= 11 is 0. The van der Waals surface area contributed by atoms with Crippen LogP contribution in [0.3, 0.4) is 0 Å². The summed E-state index contributed by atoms with van der Waals surface area (Å²) < 4.78 is 12.6. The highest BCUT2D eigenvalue weighted by Gasteiger charge is 2.26. The predicted octanol–water partition coefficient (Wildman–Crippen LogP) is 2.36. The average molecular weight is 199 g/mol. The molecule has 2 nitrogen and oxygen atoms in total. The van der Waals surface area contributed by atoms with Gasteiger partial charge in [-0.25, -0.2) is 4.39 Å². The summed E-state index contributed by atoms with van der Waals surface area (Å²) in [6.45, 7) is 8.68. The van der Waals surface area contributed by atoms with Crippen molar-refractivity contribution in [1.29, 1.82) is 0 Å². The van der Waals surface area contributed by atoms with Crippen LogP contribution < -0.4 is 0 Å². The van der Waals surface area contributed by atoms with E-state index in [1.807, 2.05) is 0 Å². The fraction of sp³-hybridized carbons (Fsp3) is 0.727. The largest absolute Gasteiger partial charge is 0.336 e. The molecule has 1 atom stereocenters. The van der Waals surface area contributed by atoms with Crippen LogP contribution in [0.25, 0.3) is 0 Å². The smallest absolute Gasteiger partial charge is 0.281 e. The number of carbonyl (C=O) groups excluding carboxylic acids is 1. The Bertz CT molecular complexity index is 237. The second-order valence-corrected chi connectivity index (χ2v) is 4.30. The molecule has 0 unspecified atom stereocenters. The minimum absolute atomic E-state index is 0.507. The fourth-order valence-corrected chi connectivity index (χ4v) is 1.91. The molecule has 14 heavy (non-hydrogen) atoms. The first-order valence-corrected chi connectivity index (χ1v) is 5.16. The maximum atomic E-state index is 12.6. The van der Waals surface area contributed by atoms with Crippen molar-refractivity contribution < 1.29 is 9.18 Å². The van der Waals surface area contributed by atoms with Crippen LogP contribution in [0, 0.1) is 11.8 Å². The van der Waals surface area contributed by atoms with Crippen molar-refractivity contribution in [2.75, 3.05) is 13.1 Å².